The third kappa shape index (κ3) is 13.5. The molecule has 23 heavy (non-hydrogen) atoms. The molecule has 0 bridgehead atoms. The zero-order valence-electron chi connectivity index (χ0n) is 16.0. The van der Waals surface area contributed by atoms with Gasteiger partial charge in [-0.25, -0.2) is 0 Å². The number of rotatable bonds is 12. The van der Waals surface area contributed by atoms with Gasteiger partial charge in [0.15, 0.2) is 0 Å². The Kier molecular flexibility index (Phi) is 13.4. The highest BCUT2D eigenvalue weighted by Gasteiger charge is 2.07. The van der Waals surface area contributed by atoms with Crippen LogP contribution in [0.3, 0.4) is 0 Å². The van der Waals surface area contributed by atoms with Gasteiger partial charge in [-0.15, -0.1) is 0 Å². The van der Waals surface area contributed by atoms with Crippen LogP contribution in [0.4, 0.5) is 0 Å². The van der Waals surface area contributed by atoms with Crippen LogP contribution in [0.5, 0.6) is 0 Å². The van der Waals surface area contributed by atoms with Gasteiger partial charge in [-0.3, -0.25) is 0 Å². The molecule has 2 heteroatoms. The summed E-state index contributed by atoms with van der Waals surface area (Å²) in [7, 11) is 0.355. The Balaban J connectivity index is 4.06. The molecule has 2 N–H and O–H groups in total. The lowest BCUT2D eigenvalue weighted by molar-refractivity contribution is 0.403. The van der Waals surface area contributed by atoms with E-state index in [-0.39, 0.29) is 0 Å². The van der Waals surface area contributed by atoms with Crippen LogP contribution in [0.1, 0.15) is 73.1 Å². The standard InChI is InChI=1S/C21H38NP/c1-7-17(2)15-20(5)16-19(4)12-9-8-11-18(3)13-10-14-21(6)23-22/h10-13,17,20,23H,6-9,14-16,22H2,1-5H3/b13-10+,18-11+,19-12+. The first-order valence-corrected chi connectivity index (χ1v) is 10.1. The van der Waals surface area contributed by atoms with Gasteiger partial charge in [0.25, 0.3) is 0 Å². The minimum Gasteiger partial charge on any atom is -0.309 e. The molecule has 132 valence electrons. The van der Waals surface area contributed by atoms with E-state index in [1.807, 2.05) is 0 Å². The summed E-state index contributed by atoms with van der Waals surface area (Å²) in [6.07, 6.45) is 16.1. The van der Waals surface area contributed by atoms with Crippen LogP contribution in [0, 0.1) is 11.8 Å². The summed E-state index contributed by atoms with van der Waals surface area (Å²) >= 11 is 0. The highest BCUT2D eigenvalue weighted by molar-refractivity contribution is 7.40. The third-order valence-electron chi connectivity index (χ3n) is 4.25. The molecule has 0 saturated heterocycles. The van der Waals surface area contributed by atoms with Crippen molar-refractivity contribution >= 4 is 8.73 Å². The number of hydrogen-bond acceptors (Lipinski definition) is 1. The minimum atomic E-state index is 0.355. The van der Waals surface area contributed by atoms with Crippen LogP contribution in [0.2, 0.25) is 0 Å². The fraction of sp³-hybridized carbons (Fsp3) is 0.619. The number of unbranched alkanes of at least 4 members (excludes halogenated alkanes) is 1. The lowest BCUT2D eigenvalue weighted by Gasteiger charge is -2.16. The maximum absolute atomic E-state index is 5.56. The van der Waals surface area contributed by atoms with Gasteiger partial charge >= 0.3 is 0 Å². The molecule has 0 aliphatic heterocycles. The lowest BCUT2D eigenvalue weighted by Crippen LogP contribution is -2.02. The van der Waals surface area contributed by atoms with Crippen molar-refractivity contribution in [2.45, 2.75) is 73.1 Å². The largest absolute Gasteiger partial charge is 0.309 e. The quantitative estimate of drug-likeness (QED) is 0.174. The van der Waals surface area contributed by atoms with Crippen molar-refractivity contribution in [2.75, 3.05) is 0 Å². The molecule has 0 saturated carbocycles. The van der Waals surface area contributed by atoms with Crippen LogP contribution in [-0.2, 0) is 0 Å². The molecule has 0 aromatic carbocycles. The maximum Gasteiger partial charge on any atom is -0.00859 e. The Labute approximate surface area is 147 Å². The third-order valence-corrected chi connectivity index (χ3v) is 4.86. The fourth-order valence-electron chi connectivity index (χ4n) is 2.72. The van der Waals surface area contributed by atoms with Crippen LogP contribution in [0.25, 0.3) is 0 Å². The molecule has 0 radical (unpaired) electrons. The first-order valence-electron chi connectivity index (χ1n) is 9.02. The van der Waals surface area contributed by atoms with Crippen LogP contribution >= 0.6 is 8.73 Å². The van der Waals surface area contributed by atoms with Crippen molar-refractivity contribution in [2.24, 2.45) is 17.3 Å². The Morgan fingerprint density at radius 3 is 2.39 bits per heavy atom. The molecular formula is C21H38NP. The van der Waals surface area contributed by atoms with E-state index in [0.29, 0.717) is 8.73 Å². The summed E-state index contributed by atoms with van der Waals surface area (Å²) in [4.78, 5) is 0. The van der Waals surface area contributed by atoms with Crippen molar-refractivity contribution in [1.82, 2.24) is 0 Å². The molecule has 0 fully saturated rings. The van der Waals surface area contributed by atoms with Gasteiger partial charge in [-0.2, -0.15) is 0 Å². The second-order valence-electron chi connectivity index (χ2n) is 6.99. The summed E-state index contributed by atoms with van der Waals surface area (Å²) in [5.74, 6) is 1.66. The van der Waals surface area contributed by atoms with Crippen molar-refractivity contribution < 1.29 is 0 Å². The molecule has 3 atom stereocenters. The number of nitrogens with two attached hydrogens (primary N) is 1. The summed E-state index contributed by atoms with van der Waals surface area (Å²) in [6, 6.07) is 0. The predicted molar refractivity (Wildman–Crippen MR) is 110 cm³/mol. The zero-order valence-corrected chi connectivity index (χ0v) is 17.0. The summed E-state index contributed by atoms with van der Waals surface area (Å²) in [6.45, 7) is 15.4. The molecular weight excluding hydrogens is 297 g/mol. The van der Waals surface area contributed by atoms with Crippen molar-refractivity contribution in [3.05, 3.63) is 47.3 Å². The molecule has 0 aromatic rings. The van der Waals surface area contributed by atoms with Crippen LogP contribution < -0.4 is 5.50 Å². The van der Waals surface area contributed by atoms with Gasteiger partial charge in [0, 0.05) is 0 Å². The Morgan fingerprint density at radius 1 is 1.13 bits per heavy atom. The van der Waals surface area contributed by atoms with E-state index in [4.69, 9.17) is 5.50 Å². The average molecular weight is 336 g/mol. The molecule has 0 rings (SSSR count). The Bertz CT molecular complexity index is 418. The van der Waals surface area contributed by atoms with E-state index in [1.54, 1.807) is 5.57 Å². The van der Waals surface area contributed by atoms with Gasteiger partial charge in [0.2, 0.25) is 0 Å². The predicted octanol–water partition coefficient (Wildman–Crippen LogP) is 7.13. The Morgan fingerprint density at radius 2 is 1.78 bits per heavy atom. The van der Waals surface area contributed by atoms with E-state index < -0.39 is 0 Å². The topological polar surface area (TPSA) is 26.0 Å². The van der Waals surface area contributed by atoms with Crippen LogP contribution in [-0.4, -0.2) is 0 Å². The molecule has 1 nitrogen and oxygen atoms in total. The summed E-state index contributed by atoms with van der Waals surface area (Å²) < 4.78 is 0. The maximum atomic E-state index is 5.56. The summed E-state index contributed by atoms with van der Waals surface area (Å²) in [5.41, 5.74) is 8.43. The van der Waals surface area contributed by atoms with E-state index in [2.05, 4.69) is 65.5 Å². The van der Waals surface area contributed by atoms with Gasteiger partial charge in [0.05, 0.1) is 0 Å². The van der Waals surface area contributed by atoms with Crippen molar-refractivity contribution in [3.8, 4) is 0 Å². The second-order valence-corrected chi connectivity index (χ2v) is 7.98. The highest BCUT2D eigenvalue weighted by Crippen LogP contribution is 2.21. The molecule has 0 amide bonds. The number of allylic oxidation sites excluding steroid dienone is 7. The van der Waals surface area contributed by atoms with E-state index in [0.717, 1.165) is 36.4 Å². The van der Waals surface area contributed by atoms with Gasteiger partial charge in [-0.1, -0.05) is 69.2 Å². The van der Waals surface area contributed by atoms with E-state index >= 15 is 0 Å². The lowest BCUT2D eigenvalue weighted by atomic mass is 9.90. The van der Waals surface area contributed by atoms with Crippen molar-refractivity contribution in [3.63, 3.8) is 0 Å². The normalized spacial score (nSPS) is 16.4. The zero-order chi connectivity index (χ0) is 17.7. The monoisotopic (exact) mass is 335 g/mol. The first-order chi connectivity index (χ1) is 10.9. The average Bonchev–Trinajstić information content (AvgIpc) is 2.50. The minimum absolute atomic E-state index is 0.355. The molecule has 0 spiro atoms. The second kappa shape index (κ2) is 13.8. The highest BCUT2D eigenvalue weighted by atomic mass is 31.1. The number of hydrogen-bond donors (Lipinski definition) is 1. The fourth-order valence-corrected chi connectivity index (χ4v) is 2.96. The molecule has 3 unspecified atom stereocenters. The van der Waals surface area contributed by atoms with Crippen molar-refractivity contribution in [1.29, 1.82) is 0 Å². The van der Waals surface area contributed by atoms with Gasteiger partial charge < -0.3 is 5.50 Å². The SMILES string of the molecule is C=C(C/C=C/C(C)=C/CC/C=C(\C)CC(C)CC(C)CC)PN. The summed E-state index contributed by atoms with van der Waals surface area (Å²) in [5, 5.41) is 1.11. The first kappa shape index (κ1) is 22.4. The van der Waals surface area contributed by atoms with E-state index in [9.17, 15) is 0 Å². The molecule has 0 aliphatic carbocycles. The molecule has 0 aliphatic rings. The molecule has 0 heterocycles. The Hall–Kier alpha value is -0.650. The van der Waals surface area contributed by atoms with E-state index in [1.165, 1.54) is 24.8 Å². The van der Waals surface area contributed by atoms with Gasteiger partial charge in [-0.05, 0) is 71.8 Å². The van der Waals surface area contributed by atoms with Crippen LogP contribution in [0.15, 0.2) is 47.3 Å². The smallest absolute Gasteiger partial charge is 0.00859 e. The van der Waals surface area contributed by atoms with Gasteiger partial charge in [0.1, 0.15) is 0 Å². The molecule has 0 aromatic heterocycles.